The monoisotopic (exact) mass is 217 g/mol. The number of anilines is 1. The third-order valence-electron chi connectivity index (χ3n) is 3.72. The van der Waals surface area contributed by atoms with Crippen LogP contribution in [0.5, 0.6) is 0 Å². The molecule has 2 rings (SSSR count). The zero-order valence-electron chi connectivity index (χ0n) is 10.6. The highest BCUT2D eigenvalue weighted by molar-refractivity contribution is 5.47. The van der Waals surface area contributed by atoms with Crippen LogP contribution in [0, 0.1) is 0 Å². The lowest BCUT2D eigenvalue weighted by molar-refractivity contribution is 0.723. The maximum atomic E-state index is 2.33. The fourth-order valence-electron chi connectivity index (χ4n) is 2.72. The molecule has 1 aromatic carbocycles. The maximum absolute atomic E-state index is 2.33. The fraction of sp³-hybridized carbons (Fsp3) is 0.600. The van der Waals surface area contributed by atoms with Gasteiger partial charge in [0.15, 0.2) is 0 Å². The van der Waals surface area contributed by atoms with Gasteiger partial charge in [0.05, 0.1) is 0 Å². The Hall–Kier alpha value is -0.980. The van der Waals surface area contributed by atoms with Crippen LogP contribution in [0.15, 0.2) is 24.3 Å². The first-order chi connectivity index (χ1) is 7.81. The molecule has 0 radical (unpaired) electrons. The van der Waals surface area contributed by atoms with Crippen molar-refractivity contribution in [3.8, 4) is 0 Å². The third-order valence-corrected chi connectivity index (χ3v) is 3.72. The topological polar surface area (TPSA) is 3.24 Å². The molecule has 0 atom stereocenters. The fourth-order valence-corrected chi connectivity index (χ4v) is 2.72. The average Bonchev–Trinajstić information content (AvgIpc) is 2.83. The van der Waals surface area contributed by atoms with Gasteiger partial charge in [0, 0.05) is 19.3 Å². The van der Waals surface area contributed by atoms with Crippen molar-refractivity contribution < 1.29 is 0 Å². The molecular formula is C15H23N. The Morgan fingerprint density at radius 1 is 1.12 bits per heavy atom. The van der Waals surface area contributed by atoms with Crippen LogP contribution in [0.25, 0.3) is 0 Å². The molecule has 1 fully saturated rings. The molecule has 0 aliphatic heterocycles. The van der Waals surface area contributed by atoms with Crippen LogP contribution in [0.2, 0.25) is 0 Å². The van der Waals surface area contributed by atoms with Gasteiger partial charge in [-0.3, -0.25) is 0 Å². The molecule has 88 valence electrons. The molecule has 1 aromatic rings. The van der Waals surface area contributed by atoms with Crippen LogP contribution in [-0.4, -0.2) is 13.6 Å². The first-order valence-electron chi connectivity index (χ1n) is 6.62. The molecule has 0 saturated heterocycles. The molecule has 1 aliphatic carbocycles. The highest BCUT2D eigenvalue weighted by Gasteiger charge is 2.16. The highest BCUT2D eigenvalue weighted by Crippen LogP contribution is 2.34. The van der Waals surface area contributed by atoms with E-state index in [9.17, 15) is 0 Å². The van der Waals surface area contributed by atoms with E-state index in [1.807, 2.05) is 0 Å². The summed E-state index contributed by atoms with van der Waals surface area (Å²) in [7, 11) is 2.17. The quantitative estimate of drug-likeness (QED) is 0.731. The van der Waals surface area contributed by atoms with Crippen LogP contribution < -0.4 is 4.90 Å². The van der Waals surface area contributed by atoms with Crippen molar-refractivity contribution in [1.82, 2.24) is 0 Å². The minimum absolute atomic E-state index is 0.838. The van der Waals surface area contributed by atoms with E-state index >= 15 is 0 Å². The van der Waals surface area contributed by atoms with E-state index < -0.39 is 0 Å². The molecule has 0 N–H and O–H groups in total. The van der Waals surface area contributed by atoms with Crippen molar-refractivity contribution in [2.45, 2.75) is 44.9 Å². The van der Waals surface area contributed by atoms with Gasteiger partial charge in [-0.25, -0.2) is 0 Å². The van der Waals surface area contributed by atoms with Crippen LogP contribution in [0.4, 0.5) is 5.69 Å². The Labute approximate surface area is 99.5 Å². The van der Waals surface area contributed by atoms with Crippen LogP contribution >= 0.6 is 0 Å². The largest absolute Gasteiger partial charge is 0.375 e. The minimum atomic E-state index is 0.838. The lowest BCUT2D eigenvalue weighted by atomic mass is 9.97. The number of hydrogen-bond donors (Lipinski definition) is 0. The zero-order valence-corrected chi connectivity index (χ0v) is 10.6. The number of hydrogen-bond acceptors (Lipinski definition) is 1. The average molecular weight is 217 g/mol. The SMILES string of the molecule is CCCN(C)c1ccc(C2CCCC2)cc1. The lowest BCUT2D eigenvalue weighted by Gasteiger charge is -2.19. The molecule has 0 unspecified atom stereocenters. The van der Waals surface area contributed by atoms with Gasteiger partial charge in [0.1, 0.15) is 0 Å². The van der Waals surface area contributed by atoms with Crippen molar-refractivity contribution in [3.05, 3.63) is 29.8 Å². The van der Waals surface area contributed by atoms with Gasteiger partial charge in [-0.2, -0.15) is 0 Å². The van der Waals surface area contributed by atoms with Gasteiger partial charge < -0.3 is 4.90 Å². The molecule has 16 heavy (non-hydrogen) atoms. The lowest BCUT2D eigenvalue weighted by Crippen LogP contribution is -2.17. The van der Waals surface area contributed by atoms with E-state index in [4.69, 9.17) is 0 Å². The smallest absolute Gasteiger partial charge is 0.0363 e. The molecule has 0 aromatic heterocycles. The third kappa shape index (κ3) is 2.58. The summed E-state index contributed by atoms with van der Waals surface area (Å²) in [5, 5.41) is 0. The van der Waals surface area contributed by atoms with Gasteiger partial charge in [-0.05, 0) is 42.9 Å². The molecule has 0 bridgehead atoms. The summed E-state index contributed by atoms with van der Waals surface area (Å²) in [6.07, 6.45) is 6.83. The second-order valence-electron chi connectivity index (χ2n) is 4.99. The van der Waals surface area contributed by atoms with E-state index in [2.05, 4.69) is 43.1 Å². The van der Waals surface area contributed by atoms with Crippen molar-refractivity contribution in [3.63, 3.8) is 0 Å². The molecule has 1 aliphatic rings. The maximum Gasteiger partial charge on any atom is 0.0363 e. The van der Waals surface area contributed by atoms with Crippen LogP contribution in [0.1, 0.15) is 50.5 Å². The molecular weight excluding hydrogens is 194 g/mol. The van der Waals surface area contributed by atoms with Crippen LogP contribution in [-0.2, 0) is 0 Å². The Balaban J connectivity index is 2.03. The van der Waals surface area contributed by atoms with Gasteiger partial charge in [0.2, 0.25) is 0 Å². The summed E-state index contributed by atoms with van der Waals surface area (Å²) in [6, 6.07) is 9.22. The second kappa shape index (κ2) is 5.38. The Morgan fingerprint density at radius 3 is 2.31 bits per heavy atom. The normalized spacial score (nSPS) is 16.6. The number of rotatable bonds is 4. The minimum Gasteiger partial charge on any atom is -0.375 e. The van der Waals surface area contributed by atoms with Crippen molar-refractivity contribution in [2.24, 2.45) is 0 Å². The van der Waals surface area contributed by atoms with Gasteiger partial charge in [0.25, 0.3) is 0 Å². The standard InChI is InChI=1S/C15H23N/c1-3-12-16(2)15-10-8-14(9-11-15)13-6-4-5-7-13/h8-11,13H,3-7,12H2,1-2H3. The first kappa shape index (κ1) is 11.5. The highest BCUT2D eigenvalue weighted by atomic mass is 15.1. The summed E-state index contributed by atoms with van der Waals surface area (Å²) in [5.74, 6) is 0.838. The molecule has 0 heterocycles. The predicted octanol–water partition coefficient (Wildman–Crippen LogP) is 4.19. The Morgan fingerprint density at radius 2 is 1.75 bits per heavy atom. The van der Waals surface area contributed by atoms with Gasteiger partial charge >= 0.3 is 0 Å². The molecule has 1 nitrogen and oxygen atoms in total. The summed E-state index contributed by atoms with van der Waals surface area (Å²) in [5.41, 5.74) is 2.90. The van der Waals surface area contributed by atoms with Crippen molar-refractivity contribution >= 4 is 5.69 Å². The van der Waals surface area contributed by atoms with Gasteiger partial charge in [-0.15, -0.1) is 0 Å². The summed E-state index contributed by atoms with van der Waals surface area (Å²) in [4.78, 5) is 2.33. The van der Waals surface area contributed by atoms with Crippen LogP contribution in [0.3, 0.4) is 0 Å². The Kier molecular flexibility index (Phi) is 3.87. The number of nitrogens with zero attached hydrogens (tertiary/aromatic N) is 1. The molecule has 0 amide bonds. The predicted molar refractivity (Wildman–Crippen MR) is 71.2 cm³/mol. The Bertz CT molecular complexity index is 309. The van der Waals surface area contributed by atoms with E-state index in [-0.39, 0.29) is 0 Å². The molecule has 1 heteroatoms. The summed E-state index contributed by atoms with van der Waals surface area (Å²) in [6.45, 7) is 3.37. The molecule has 1 saturated carbocycles. The van der Waals surface area contributed by atoms with Crippen molar-refractivity contribution in [2.75, 3.05) is 18.5 Å². The molecule has 0 spiro atoms. The van der Waals surface area contributed by atoms with E-state index in [1.54, 1.807) is 5.56 Å². The van der Waals surface area contributed by atoms with E-state index in [0.717, 1.165) is 12.5 Å². The zero-order chi connectivity index (χ0) is 11.4. The van der Waals surface area contributed by atoms with Crippen molar-refractivity contribution in [1.29, 1.82) is 0 Å². The van der Waals surface area contributed by atoms with E-state index in [0.29, 0.717) is 0 Å². The van der Waals surface area contributed by atoms with Gasteiger partial charge in [-0.1, -0.05) is 31.9 Å². The number of benzene rings is 1. The first-order valence-corrected chi connectivity index (χ1v) is 6.62. The van der Waals surface area contributed by atoms with E-state index in [1.165, 1.54) is 37.8 Å². The summed E-state index contributed by atoms with van der Waals surface area (Å²) >= 11 is 0. The second-order valence-corrected chi connectivity index (χ2v) is 4.99. The summed E-state index contributed by atoms with van der Waals surface area (Å²) < 4.78 is 0.